The fourth-order valence-electron chi connectivity index (χ4n) is 4.01. The Labute approximate surface area is 178 Å². The molecule has 0 saturated carbocycles. The fraction of sp³-hybridized carbons (Fsp3) is 0.400. The molecule has 3 aliphatic rings. The van der Waals surface area contributed by atoms with Crippen LogP contribution in [0.5, 0.6) is 0 Å². The Kier molecular flexibility index (Phi) is 4.92. The summed E-state index contributed by atoms with van der Waals surface area (Å²) in [5, 5.41) is 5.01. The molecule has 0 aliphatic carbocycles. The minimum atomic E-state index is -0.267. The van der Waals surface area contributed by atoms with Crippen LogP contribution >= 0.6 is 11.6 Å². The number of anilines is 1. The Bertz CT molecular complexity index is 1030. The molecule has 1 saturated heterocycles. The SMILES string of the molecule is O=C(CN1C(=O)N2CCCN=C2c2cnn(-c3ccccc3Cl)c21)N1CCOCC1. The molecule has 0 bridgehead atoms. The number of fused-ring (bicyclic) bond motifs is 3. The van der Waals surface area contributed by atoms with Gasteiger partial charge in [-0.3, -0.25) is 19.6 Å². The Hall–Kier alpha value is -2.91. The van der Waals surface area contributed by atoms with Crippen molar-refractivity contribution in [3.05, 3.63) is 41.0 Å². The quantitative estimate of drug-likeness (QED) is 0.746. The van der Waals surface area contributed by atoms with Gasteiger partial charge in [-0.25, -0.2) is 9.48 Å². The standard InChI is InChI=1S/C20H21ClN6O3/c21-15-4-1-2-5-16(15)27-19-14(12-23-27)18-22-6-3-7-25(18)20(29)26(19)13-17(28)24-8-10-30-11-9-24/h1-2,4-5,12H,3,6-11,13H2. The number of morpholine rings is 1. The summed E-state index contributed by atoms with van der Waals surface area (Å²) in [5.41, 5.74) is 1.37. The van der Waals surface area contributed by atoms with Gasteiger partial charge in [0.25, 0.3) is 0 Å². The molecule has 1 aromatic heterocycles. The van der Waals surface area contributed by atoms with E-state index in [1.54, 1.807) is 26.7 Å². The number of hydrogen-bond acceptors (Lipinski definition) is 5. The fourth-order valence-corrected chi connectivity index (χ4v) is 4.22. The van der Waals surface area contributed by atoms with E-state index < -0.39 is 0 Å². The molecule has 9 nitrogen and oxygen atoms in total. The zero-order valence-electron chi connectivity index (χ0n) is 16.3. The third-order valence-electron chi connectivity index (χ3n) is 5.50. The van der Waals surface area contributed by atoms with Gasteiger partial charge in [0.1, 0.15) is 12.4 Å². The molecule has 30 heavy (non-hydrogen) atoms. The maximum absolute atomic E-state index is 13.4. The van der Waals surface area contributed by atoms with E-state index >= 15 is 0 Å². The number of para-hydroxylation sites is 1. The molecule has 1 aromatic carbocycles. The predicted octanol–water partition coefficient (Wildman–Crippen LogP) is 1.78. The monoisotopic (exact) mass is 428 g/mol. The first-order valence-corrected chi connectivity index (χ1v) is 10.4. The first-order valence-electron chi connectivity index (χ1n) is 9.97. The summed E-state index contributed by atoms with van der Waals surface area (Å²) in [4.78, 5) is 35.8. The second-order valence-corrected chi connectivity index (χ2v) is 7.72. The number of carbonyl (C=O) groups excluding carboxylic acids is 2. The van der Waals surface area contributed by atoms with Crippen molar-refractivity contribution in [3.8, 4) is 5.69 Å². The Balaban J connectivity index is 1.59. The Morgan fingerprint density at radius 2 is 1.97 bits per heavy atom. The van der Waals surface area contributed by atoms with Crippen molar-refractivity contribution >= 4 is 35.2 Å². The number of nitrogens with zero attached hydrogens (tertiary/aromatic N) is 6. The lowest BCUT2D eigenvalue weighted by Gasteiger charge is -2.38. The summed E-state index contributed by atoms with van der Waals surface area (Å²) in [6.45, 7) is 3.20. The topological polar surface area (TPSA) is 83.3 Å². The van der Waals surface area contributed by atoms with Crippen molar-refractivity contribution in [3.63, 3.8) is 0 Å². The Morgan fingerprint density at radius 1 is 1.17 bits per heavy atom. The lowest BCUT2D eigenvalue weighted by atomic mass is 10.1. The van der Waals surface area contributed by atoms with E-state index in [4.69, 9.17) is 16.3 Å². The number of hydrogen-bond donors (Lipinski definition) is 0. The number of benzene rings is 1. The summed E-state index contributed by atoms with van der Waals surface area (Å²) in [6.07, 6.45) is 2.48. The lowest BCUT2D eigenvalue weighted by Crippen LogP contribution is -2.56. The van der Waals surface area contributed by atoms with Gasteiger partial charge in [0, 0.05) is 26.2 Å². The van der Waals surface area contributed by atoms with E-state index in [1.165, 1.54) is 4.90 Å². The van der Waals surface area contributed by atoms with Crippen molar-refractivity contribution in [1.29, 1.82) is 0 Å². The third kappa shape index (κ3) is 3.14. The molecular weight excluding hydrogens is 408 g/mol. The van der Waals surface area contributed by atoms with E-state index in [9.17, 15) is 9.59 Å². The van der Waals surface area contributed by atoms with Crippen molar-refractivity contribution in [1.82, 2.24) is 19.6 Å². The van der Waals surface area contributed by atoms with Crippen LogP contribution in [0.4, 0.5) is 10.6 Å². The summed E-state index contributed by atoms with van der Waals surface area (Å²) >= 11 is 6.41. The van der Waals surface area contributed by atoms with Crippen LogP contribution in [0.2, 0.25) is 5.02 Å². The molecule has 156 valence electrons. The van der Waals surface area contributed by atoms with Crippen LogP contribution in [0, 0.1) is 0 Å². The number of halogens is 1. The number of amidine groups is 1. The van der Waals surface area contributed by atoms with Crippen molar-refractivity contribution < 1.29 is 14.3 Å². The molecule has 3 amide bonds. The highest BCUT2D eigenvalue weighted by molar-refractivity contribution is 6.32. The van der Waals surface area contributed by atoms with Crippen molar-refractivity contribution in [2.45, 2.75) is 6.42 Å². The number of rotatable bonds is 3. The van der Waals surface area contributed by atoms with Crippen molar-refractivity contribution in [2.24, 2.45) is 4.99 Å². The Morgan fingerprint density at radius 3 is 2.77 bits per heavy atom. The average Bonchev–Trinajstić information content (AvgIpc) is 3.22. The van der Waals surface area contributed by atoms with Gasteiger partial charge in [-0.15, -0.1) is 0 Å². The van der Waals surface area contributed by atoms with Crippen LogP contribution < -0.4 is 4.90 Å². The van der Waals surface area contributed by atoms with Gasteiger partial charge in [-0.1, -0.05) is 23.7 Å². The van der Waals surface area contributed by atoms with E-state index in [1.807, 2.05) is 18.2 Å². The maximum atomic E-state index is 13.4. The summed E-state index contributed by atoms with van der Waals surface area (Å²) in [5.74, 6) is 1.00. The van der Waals surface area contributed by atoms with Crippen LogP contribution in [0.25, 0.3) is 5.69 Å². The van der Waals surface area contributed by atoms with Gasteiger partial charge in [-0.05, 0) is 18.6 Å². The van der Waals surface area contributed by atoms with Crippen LogP contribution in [-0.2, 0) is 9.53 Å². The van der Waals surface area contributed by atoms with Gasteiger partial charge >= 0.3 is 6.03 Å². The lowest BCUT2D eigenvalue weighted by molar-refractivity contribution is -0.133. The molecule has 5 rings (SSSR count). The first kappa shape index (κ1) is 19.1. The molecule has 0 radical (unpaired) electrons. The zero-order chi connectivity index (χ0) is 20.7. The average molecular weight is 429 g/mol. The molecular formula is C20H21ClN6O3. The highest BCUT2D eigenvalue weighted by Crippen LogP contribution is 2.34. The molecule has 0 atom stereocenters. The molecule has 4 heterocycles. The van der Waals surface area contributed by atoms with Gasteiger partial charge in [0.2, 0.25) is 5.91 Å². The molecule has 2 aromatic rings. The van der Waals surface area contributed by atoms with Crippen LogP contribution in [0.15, 0.2) is 35.5 Å². The number of carbonyl (C=O) groups is 2. The summed E-state index contributed by atoms with van der Waals surface area (Å²) in [6, 6.07) is 7.02. The number of amides is 3. The van der Waals surface area contributed by atoms with Gasteiger partial charge in [0.15, 0.2) is 5.82 Å². The second kappa shape index (κ2) is 7.73. The van der Waals surface area contributed by atoms with Crippen molar-refractivity contribution in [2.75, 3.05) is 50.8 Å². The van der Waals surface area contributed by atoms with E-state index in [-0.39, 0.29) is 18.5 Å². The molecule has 0 unspecified atom stereocenters. The molecule has 0 N–H and O–H groups in total. The normalized spacial score (nSPS) is 18.8. The highest BCUT2D eigenvalue weighted by Gasteiger charge is 2.41. The zero-order valence-corrected chi connectivity index (χ0v) is 17.1. The third-order valence-corrected chi connectivity index (χ3v) is 5.82. The van der Waals surface area contributed by atoms with E-state index in [0.717, 1.165) is 12.0 Å². The highest BCUT2D eigenvalue weighted by atomic mass is 35.5. The number of ether oxygens (including phenoxy) is 1. The van der Waals surface area contributed by atoms with E-state index in [0.29, 0.717) is 61.8 Å². The minimum Gasteiger partial charge on any atom is -0.378 e. The molecule has 1 fully saturated rings. The van der Waals surface area contributed by atoms with Crippen LogP contribution in [-0.4, -0.2) is 83.3 Å². The van der Waals surface area contributed by atoms with E-state index in [2.05, 4.69) is 10.1 Å². The van der Waals surface area contributed by atoms with Gasteiger partial charge in [0.05, 0.1) is 35.7 Å². The molecule has 3 aliphatic heterocycles. The van der Waals surface area contributed by atoms with Crippen LogP contribution in [0.1, 0.15) is 12.0 Å². The summed E-state index contributed by atoms with van der Waals surface area (Å²) < 4.78 is 6.96. The smallest absolute Gasteiger partial charge is 0.331 e. The number of aliphatic imine (C=N–C) groups is 1. The predicted molar refractivity (Wildman–Crippen MR) is 111 cm³/mol. The molecule has 10 heteroatoms. The van der Waals surface area contributed by atoms with Gasteiger partial charge < -0.3 is 9.64 Å². The van der Waals surface area contributed by atoms with Crippen LogP contribution in [0.3, 0.4) is 0 Å². The molecule has 0 spiro atoms. The largest absolute Gasteiger partial charge is 0.378 e. The minimum absolute atomic E-state index is 0.0776. The number of aromatic nitrogens is 2. The maximum Gasteiger partial charge on any atom is 0.331 e. The first-order chi connectivity index (χ1) is 14.6. The second-order valence-electron chi connectivity index (χ2n) is 7.32. The van der Waals surface area contributed by atoms with Gasteiger partial charge in [-0.2, -0.15) is 5.10 Å². The number of urea groups is 1. The summed E-state index contributed by atoms with van der Waals surface area (Å²) in [7, 11) is 0.